The monoisotopic (exact) mass is 464 g/mol. The molecule has 0 saturated heterocycles. The number of aliphatic hydroxyl groups is 1. The smallest absolute Gasteiger partial charge is 0.296 e. The van der Waals surface area contributed by atoms with Gasteiger partial charge < -0.3 is 5.11 Å². The number of fused-ring (bicyclic) bond motifs is 1. The van der Waals surface area contributed by atoms with Crippen LogP contribution in [0, 0.1) is 19.7 Å². The van der Waals surface area contributed by atoms with Crippen LogP contribution in [0.3, 0.4) is 0 Å². The molecule has 5 nitrogen and oxygen atoms in total. The summed E-state index contributed by atoms with van der Waals surface area (Å²) in [5.74, 6) is -2.18. The molecule has 1 atom stereocenters. The minimum Gasteiger partial charge on any atom is -0.503 e. The van der Waals surface area contributed by atoms with Crippen molar-refractivity contribution in [3.63, 3.8) is 0 Å². The Labute approximate surface area is 191 Å². The van der Waals surface area contributed by atoms with E-state index >= 15 is 0 Å². The summed E-state index contributed by atoms with van der Waals surface area (Å²) in [6.45, 7) is 3.93. The Morgan fingerprint density at radius 2 is 1.91 bits per heavy atom. The predicted molar refractivity (Wildman–Crippen MR) is 124 cm³/mol. The number of carbonyl (C=O) groups excluding carboxylic acids is 2. The number of aliphatic hydroxyl groups excluding tert-OH is 1. The maximum atomic E-state index is 13.6. The third-order valence-electron chi connectivity index (χ3n) is 5.41. The molecule has 0 spiro atoms. The van der Waals surface area contributed by atoms with E-state index in [0.717, 1.165) is 21.3 Å². The number of aryl methyl sites for hydroxylation is 2. The number of amides is 1. The molecule has 1 aliphatic rings. The molecule has 1 aliphatic heterocycles. The quantitative estimate of drug-likeness (QED) is 0.382. The first-order valence-corrected chi connectivity index (χ1v) is 11.5. The number of carbonyl (C=O) groups is 2. The predicted octanol–water partition coefficient (Wildman–Crippen LogP) is 5.90. The zero-order valence-corrected chi connectivity index (χ0v) is 18.8. The average Bonchev–Trinajstić information content (AvgIpc) is 3.48. The maximum Gasteiger partial charge on any atom is 0.296 e. The van der Waals surface area contributed by atoms with Crippen LogP contribution in [0.15, 0.2) is 65.2 Å². The molecule has 8 heteroatoms. The number of halogens is 1. The number of hydrogen-bond acceptors (Lipinski definition) is 6. The van der Waals surface area contributed by atoms with Crippen molar-refractivity contribution in [3.05, 3.63) is 92.6 Å². The molecule has 2 aromatic carbocycles. The molecule has 5 rings (SSSR count). The second kappa shape index (κ2) is 7.65. The van der Waals surface area contributed by atoms with E-state index in [1.54, 1.807) is 17.5 Å². The van der Waals surface area contributed by atoms with Crippen molar-refractivity contribution in [1.29, 1.82) is 0 Å². The van der Waals surface area contributed by atoms with Crippen molar-refractivity contribution < 1.29 is 19.1 Å². The van der Waals surface area contributed by atoms with Crippen LogP contribution < -0.4 is 4.90 Å². The first kappa shape index (κ1) is 20.5. The van der Waals surface area contributed by atoms with Gasteiger partial charge in [-0.15, -0.1) is 11.3 Å². The van der Waals surface area contributed by atoms with Gasteiger partial charge in [0.1, 0.15) is 5.82 Å². The number of thiophene rings is 1. The molecule has 0 bridgehead atoms. The molecular weight excluding hydrogens is 447 g/mol. The van der Waals surface area contributed by atoms with E-state index in [1.165, 1.54) is 51.8 Å². The highest BCUT2D eigenvalue weighted by Crippen LogP contribution is 2.44. The number of anilines is 1. The Morgan fingerprint density at radius 3 is 2.59 bits per heavy atom. The van der Waals surface area contributed by atoms with Gasteiger partial charge >= 0.3 is 0 Å². The van der Waals surface area contributed by atoms with Gasteiger partial charge in [-0.25, -0.2) is 9.37 Å². The highest BCUT2D eigenvalue weighted by atomic mass is 32.1. The lowest BCUT2D eigenvalue weighted by atomic mass is 9.95. The summed E-state index contributed by atoms with van der Waals surface area (Å²) in [5.41, 5.74) is 3.29. The Morgan fingerprint density at radius 1 is 1.16 bits per heavy atom. The fraction of sp³-hybridized carbons (Fsp3) is 0.125. The van der Waals surface area contributed by atoms with E-state index in [-0.39, 0.29) is 5.57 Å². The number of nitrogens with zero attached hydrogens (tertiary/aromatic N) is 2. The van der Waals surface area contributed by atoms with Gasteiger partial charge in [-0.05, 0) is 60.2 Å². The summed E-state index contributed by atoms with van der Waals surface area (Å²) < 4.78 is 14.5. The van der Waals surface area contributed by atoms with Crippen LogP contribution in [-0.4, -0.2) is 21.8 Å². The van der Waals surface area contributed by atoms with Gasteiger partial charge in [-0.2, -0.15) is 0 Å². The molecule has 1 amide bonds. The largest absolute Gasteiger partial charge is 0.503 e. The topological polar surface area (TPSA) is 70.5 Å². The van der Waals surface area contributed by atoms with Gasteiger partial charge in [-0.3, -0.25) is 14.5 Å². The van der Waals surface area contributed by atoms with Crippen molar-refractivity contribution >= 4 is 49.7 Å². The van der Waals surface area contributed by atoms with E-state index in [2.05, 4.69) is 4.98 Å². The second-order valence-electron chi connectivity index (χ2n) is 7.62. The number of aromatic nitrogens is 1. The fourth-order valence-corrected chi connectivity index (χ4v) is 5.84. The Bertz CT molecular complexity index is 1410. The van der Waals surface area contributed by atoms with Gasteiger partial charge in [-0.1, -0.05) is 35.6 Å². The number of Topliss-reactive ketones (excluding diaryl/α,β-unsaturated/α-hetero) is 1. The summed E-state index contributed by atoms with van der Waals surface area (Å²) in [6, 6.07) is 12.0. The Hall–Kier alpha value is -3.36. The summed E-state index contributed by atoms with van der Waals surface area (Å²) >= 11 is 2.54. The Kier molecular flexibility index (Phi) is 4.91. The van der Waals surface area contributed by atoms with Crippen LogP contribution >= 0.6 is 22.7 Å². The van der Waals surface area contributed by atoms with Crippen molar-refractivity contribution in [1.82, 2.24) is 4.98 Å². The minimum absolute atomic E-state index is 0.0313. The highest BCUT2D eigenvalue weighted by molar-refractivity contribution is 7.22. The molecule has 1 N–H and O–H groups in total. The fourth-order valence-electron chi connectivity index (χ4n) is 4.00. The molecule has 32 heavy (non-hydrogen) atoms. The van der Waals surface area contributed by atoms with E-state index in [4.69, 9.17) is 0 Å². The summed E-state index contributed by atoms with van der Waals surface area (Å²) in [4.78, 5) is 32.9. The summed E-state index contributed by atoms with van der Waals surface area (Å²) in [6.07, 6.45) is 0. The van der Waals surface area contributed by atoms with E-state index in [0.29, 0.717) is 15.6 Å². The maximum absolute atomic E-state index is 13.6. The molecule has 0 fully saturated rings. The van der Waals surface area contributed by atoms with Gasteiger partial charge in [0.2, 0.25) is 5.78 Å². The molecule has 2 aromatic heterocycles. The number of hydrogen-bond donors (Lipinski definition) is 1. The van der Waals surface area contributed by atoms with Crippen molar-refractivity contribution in [3.8, 4) is 0 Å². The molecule has 0 saturated carbocycles. The lowest BCUT2D eigenvalue weighted by Gasteiger charge is -2.24. The summed E-state index contributed by atoms with van der Waals surface area (Å²) in [5, 5.41) is 12.9. The molecule has 160 valence electrons. The lowest BCUT2D eigenvalue weighted by molar-refractivity contribution is -0.117. The van der Waals surface area contributed by atoms with Gasteiger partial charge in [0.15, 0.2) is 10.9 Å². The normalized spacial score (nSPS) is 16.4. The third-order valence-corrected chi connectivity index (χ3v) is 7.28. The van der Waals surface area contributed by atoms with Crippen LogP contribution in [0.5, 0.6) is 0 Å². The van der Waals surface area contributed by atoms with Crippen molar-refractivity contribution in [2.24, 2.45) is 0 Å². The number of ketones is 1. The third kappa shape index (κ3) is 3.23. The molecule has 0 aliphatic carbocycles. The highest BCUT2D eigenvalue weighted by Gasteiger charge is 2.46. The SMILES string of the molecule is Cc1cc(C)c2nc(N3C(=O)C(O)=C(C(=O)c4cccs4)C3c3ccc(F)cc3)sc2c1. The number of rotatable bonds is 4. The molecule has 4 aromatic rings. The van der Waals surface area contributed by atoms with Crippen LogP contribution in [0.25, 0.3) is 10.2 Å². The molecule has 1 unspecified atom stereocenters. The van der Waals surface area contributed by atoms with E-state index < -0.39 is 29.3 Å². The minimum atomic E-state index is -0.917. The van der Waals surface area contributed by atoms with Crippen LogP contribution in [0.4, 0.5) is 9.52 Å². The first-order valence-electron chi connectivity index (χ1n) is 9.83. The molecule has 3 heterocycles. The molecular formula is C24H17FN2O3S2. The van der Waals surface area contributed by atoms with Crippen LogP contribution in [0.2, 0.25) is 0 Å². The second-order valence-corrected chi connectivity index (χ2v) is 9.58. The Balaban J connectivity index is 1.70. The number of thiazole rings is 1. The zero-order chi connectivity index (χ0) is 22.6. The number of benzene rings is 2. The van der Waals surface area contributed by atoms with Gasteiger partial charge in [0, 0.05) is 0 Å². The van der Waals surface area contributed by atoms with E-state index in [1.807, 2.05) is 26.0 Å². The summed E-state index contributed by atoms with van der Waals surface area (Å²) in [7, 11) is 0. The lowest BCUT2D eigenvalue weighted by Crippen LogP contribution is -2.30. The van der Waals surface area contributed by atoms with E-state index in [9.17, 15) is 19.1 Å². The van der Waals surface area contributed by atoms with Crippen LogP contribution in [-0.2, 0) is 4.79 Å². The molecule has 0 radical (unpaired) electrons. The van der Waals surface area contributed by atoms with Crippen LogP contribution in [0.1, 0.15) is 32.4 Å². The van der Waals surface area contributed by atoms with Crippen molar-refractivity contribution in [2.45, 2.75) is 19.9 Å². The zero-order valence-electron chi connectivity index (χ0n) is 17.1. The first-order chi connectivity index (χ1) is 15.3. The van der Waals surface area contributed by atoms with Gasteiger partial charge in [0.05, 0.1) is 26.7 Å². The van der Waals surface area contributed by atoms with Crippen molar-refractivity contribution in [2.75, 3.05) is 4.90 Å². The standard InChI is InChI=1S/C24H17FN2O3S2/c1-12-10-13(2)19-17(11-12)32-24(26-19)27-20(14-5-7-15(25)8-6-14)18(22(29)23(27)30)21(28)16-4-3-9-31-16/h3-11,20,29H,1-2H3. The van der Waals surface area contributed by atoms with Gasteiger partial charge in [0.25, 0.3) is 5.91 Å². The average molecular weight is 465 g/mol.